The molecule has 3 aliphatic heterocycles. The van der Waals surface area contributed by atoms with E-state index in [0.717, 1.165) is 0 Å². The maximum Gasteiger partial charge on any atom is 0 e. The van der Waals surface area contributed by atoms with Gasteiger partial charge >= 0.3 is 0 Å². The molecule has 1 radical (unpaired) electrons. The minimum absolute atomic E-state index is 0. The molecule has 0 aromatic carbocycles. The standard InChI is InChI=1S/C6H11N2.Y/c1-8-3-5-2-6(4-8)7-5;/h5-6H,2-4H2,1H3;/q-1;. The van der Waals surface area contributed by atoms with E-state index in [1.54, 1.807) is 0 Å². The fourth-order valence-electron chi connectivity index (χ4n) is 1.63. The molecule has 0 aliphatic carbocycles. The molecule has 3 heterocycles. The Bertz CT molecular complexity index is 91.2. The Morgan fingerprint density at radius 1 is 1.33 bits per heavy atom. The van der Waals surface area contributed by atoms with Crippen LogP contribution >= 0.6 is 0 Å². The summed E-state index contributed by atoms with van der Waals surface area (Å²) in [5.74, 6) is 0. The molecule has 3 saturated heterocycles. The molecule has 49 valence electrons. The fraction of sp³-hybridized carbons (Fsp3) is 1.00. The minimum atomic E-state index is 0. The molecule has 2 bridgehead atoms. The summed E-state index contributed by atoms with van der Waals surface area (Å²) < 4.78 is 0. The summed E-state index contributed by atoms with van der Waals surface area (Å²) in [7, 11) is 2.17. The molecular weight excluding hydrogens is 189 g/mol. The van der Waals surface area contributed by atoms with E-state index in [1.807, 2.05) is 0 Å². The summed E-state index contributed by atoms with van der Waals surface area (Å²) in [4.78, 5) is 2.37. The maximum absolute atomic E-state index is 4.44. The zero-order chi connectivity index (χ0) is 5.56. The topological polar surface area (TPSA) is 17.3 Å². The molecule has 3 fully saturated rings. The zero-order valence-electron chi connectivity index (χ0n) is 5.75. The first-order valence-corrected chi connectivity index (χ1v) is 3.23. The van der Waals surface area contributed by atoms with Crippen LogP contribution in [0.5, 0.6) is 0 Å². The average Bonchev–Trinajstić information content (AvgIpc) is 1.62. The van der Waals surface area contributed by atoms with Crippen molar-refractivity contribution in [2.75, 3.05) is 20.1 Å². The van der Waals surface area contributed by atoms with Gasteiger partial charge in [-0.2, -0.15) is 0 Å². The van der Waals surface area contributed by atoms with E-state index >= 15 is 0 Å². The molecule has 3 rings (SSSR count). The summed E-state index contributed by atoms with van der Waals surface area (Å²) in [6, 6.07) is 1.41. The molecular formula is C6H11N2Y-. The maximum atomic E-state index is 4.44. The monoisotopic (exact) mass is 200 g/mol. The molecule has 9 heavy (non-hydrogen) atoms. The fourth-order valence-corrected chi connectivity index (χ4v) is 1.63. The Morgan fingerprint density at radius 3 is 2.00 bits per heavy atom. The van der Waals surface area contributed by atoms with Crippen molar-refractivity contribution in [3.63, 3.8) is 0 Å². The van der Waals surface area contributed by atoms with Crippen LogP contribution in [0.3, 0.4) is 0 Å². The van der Waals surface area contributed by atoms with Gasteiger partial charge in [-0.05, 0) is 20.1 Å². The summed E-state index contributed by atoms with van der Waals surface area (Å²) in [6.07, 6.45) is 1.37. The Morgan fingerprint density at radius 2 is 1.78 bits per heavy atom. The number of piperidine rings is 1. The molecule has 0 aromatic heterocycles. The number of fused-ring (bicyclic) bond motifs is 2. The van der Waals surface area contributed by atoms with Crippen LogP contribution in [-0.2, 0) is 32.7 Å². The van der Waals surface area contributed by atoms with Crippen molar-refractivity contribution >= 4 is 0 Å². The van der Waals surface area contributed by atoms with Gasteiger partial charge in [0.2, 0.25) is 0 Å². The van der Waals surface area contributed by atoms with E-state index in [9.17, 15) is 0 Å². The second-order valence-corrected chi connectivity index (χ2v) is 2.91. The first-order valence-electron chi connectivity index (χ1n) is 3.23. The van der Waals surface area contributed by atoms with Crippen LogP contribution in [-0.4, -0.2) is 37.1 Å². The summed E-state index contributed by atoms with van der Waals surface area (Å²) in [5, 5.41) is 4.44. The molecule has 0 spiro atoms. The van der Waals surface area contributed by atoms with Crippen molar-refractivity contribution < 1.29 is 32.7 Å². The van der Waals surface area contributed by atoms with Crippen molar-refractivity contribution in [2.45, 2.75) is 18.5 Å². The third kappa shape index (κ3) is 1.54. The average molecular weight is 200 g/mol. The first kappa shape index (κ1) is 8.12. The molecule has 0 N–H and O–H groups in total. The van der Waals surface area contributed by atoms with Gasteiger partial charge in [0.15, 0.2) is 0 Å². The van der Waals surface area contributed by atoms with Crippen molar-refractivity contribution in [2.24, 2.45) is 0 Å². The quantitative estimate of drug-likeness (QED) is 0.554. The Kier molecular flexibility index (Phi) is 2.67. The van der Waals surface area contributed by atoms with Crippen molar-refractivity contribution in [1.29, 1.82) is 0 Å². The number of likely N-dealkylation sites (N-methyl/N-ethyl adjacent to an activating group) is 1. The van der Waals surface area contributed by atoms with Crippen LogP contribution in [0.4, 0.5) is 0 Å². The molecule has 3 heteroatoms. The van der Waals surface area contributed by atoms with Gasteiger partial charge in [0.25, 0.3) is 0 Å². The van der Waals surface area contributed by atoms with Crippen LogP contribution < -0.4 is 0 Å². The minimum Gasteiger partial charge on any atom is -0.655 e. The van der Waals surface area contributed by atoms with E-state index in [4.69, 9.17) is 0 Å². The molecule has 2 nitrogen and oxygen atoms in total. The SMILES string of the molecule is CN1CC2CC(C1)[N-]2.[Y]. The van der Waals surface area contributed by atoms with Crippen LogP contribution in [0.15, 0.2) is 0 Å². The largest absolute Gasteiger partial charge is 0.655 e. The second kappa shape index (κ2) is 2.95. The molecule has 3 aliphatic rings. The van der Waals surface area contributed by atoms with E-state index in [2.05, 4.69) is 17.3 Å². The summed E-state index contributed by atoms with van der Waals surface area (Å²) in [6.45, 7) is 2.41. The van der Waals surface area contributed by atoms with Gasteiger partial charge in [0.05, 0.1) is 0 Å². The van der Waals surface area contributed by atoms with Gasteiger partial charge in [-0.3, -0.25) is 0 Å². The molecule has 2 unspecified atom stereocenters. The second-order valence-electron chi connectivity index (χ2n) is 2.91. The van der Waals surface area contributed by atoms with Gasteiger partial charge in [-0.1, -0.05) is 6.42 Å². The van der Waals surface area contributed by atoms with Crippen LogP contribution in [0.2, 0.25) is 0 Å². The molecule has 2 atom stereocenters. The van der Waals surface area contributed by atoms with Gasteiger partial charge in [0.1, 0.15) is 0 Å². The molecule has 0 saturated carbocycles. The number of nitrogens with zero attached hydrogens (tertiary/aromatic N) is 2. The third-order valence-corrected chi connectivity index (χ3v) is 2.01. The number of hydrogen-bond acceptors (Lipinski definition) is 1. The van der Waals surface area contributed by atoms with Crippen LogP contribution in [0.25, 0.3) is 5.32 Å². The zero-order valence-corrected chi connectivity index (χ0v) is 8.59. The number of rotatable bonds is 0. The normalized spacial score (nSPS) is 41.0. The molecule has 0 aromatic rings. The van der Waals surface area contributed by atoms with Crippen LogP contribution in [0.1, 0.15) is 6.42 Å². The Labute approximate surface area is 81.2 Å². The van der Waals surface area contributed by atoms with E-state index < -0.39 is 0 Å². The molecule has 0 amide bonds. The predicted octanol–water partition coefficient (Wildman–Crippen LogP) is 0.444. The van der Waals surface area contributed by atoms with Gasteiger partial charge < -0.3 is 10.2 Å². The third-order valence-electron chi connectivity index (χ3n) is 2.01. The smallest absolute Gasteiger partial charge is 0 e. The van der Waals surface area contributed by atoms with E-state index in [1.165, 1.54) is 19.5 Å². The Balaban J connectivity index is 0.000000405. The van der Waals surface area contributed by atoms with Gasteiger partial charge in [0, 0.05) is 32.7 Å². The van der Waals surface area contributed by atoms with E-state index in [0.29, 0.717) is 12.1 Å². The van der Waals surface area contributed by atoms with Crippen LogP contribution in [0, 0.1) is 0 Å². The summed E-state index contributed by atoms with van der Waals surface area (Å²) >= 11 is 0. The van der Waals surface area contributed by atoms with Gasteiger partial charge in [-0.25, -0.2) is 0 Å². The summed E-state index contributed by atoms with van der Waals surface area (Å²) in [5.41, 5.74) is 0. The first-order chi connectivity index (χ1) is 3.84. The van der Waals surface area contributed by atoms with Crippen molar-refractivity contribution in [1.82, 2.24) is 4.90 Å². The predicted molar refractivity (Wildman–Crippen MR) is 33.0 cm³/mol. The van der Waals surface area contributed by atoms with Crippen molar-refractivity contribution in [3.05, 3.63) is 5.32 Å². The van der Waals surface area contributed by atoms with E-state index in [-0.39, 0.29) is 32.7 Å². The Hall–Kier alpha value is 1.02. The van der Waals surface area contributed by atoms with Gasteiger partial charge in [-0.15, -0.1) is 12.1 Å². The van der Waals surface area contributed by atoms with Crippen molar-refractivity contribution in [3.8, 4) is 0 Å². The number of hydrogen-bond donors (Lipinski definition) is 0. The number of piperazine rings is 1.